The highest BCUT2D eigenvalue weighted by molar-refractivity contribution is 7.13. The summed E-state index contributed by atoms with van der Waals surface area (Å²) < 4.78 is 5.82. The Morgan fingerprint density at radius 2 is 1.08 bits per heavy atom. The zero-order valence-electron chi connectivity index (χ0n) is 15.5. The summed E-state index contributed by atoms with van der Waals surface area (Å²) >= 11 is 0. The summed E-state index contributed by atoms with van der Waals surface area (Å²) in [6.07, 6.45) is 0. The summed E-state index contributed by atoms with van der Waals surface area (Å²) in [5, 5.41) is 4.24. The number of hydrogen-bond acceptors (Lipinski definition) is 1. The molecule has 0 aliphatic carbocycles. The molecule has 0 aromatic heterocycles. The van der Waals surface area contributed by atoms with Crippen LogP contribution in [0.1, 0.15) is 20.8 Å². The van der Waals surface area contributed by atoms with E-state index in [-0.39, 0.29) is 5.04 Å². The molecule has 0 saturated heterocycles. The molecule has 1 nitrogen and oxygen atoms in total. The summed E-state index contributed by atoms with van der Waals surface area (Å²) in [6.45, 7) is 7.10. The van der Waals surface area contributed by atoms with Gasteiger partial charge in [-0.15, -0.1) is 0 Å². The minimum atomic E-state index is -2.32. The van der Waals surface area contributed by atoms with Crippen LogP contribution < -0.4 is 20.3 Å². The summed E-state index contributed by atoms with van der Waals surface area (Å²) in [5.74, 6) is 0.983. The van der Waals surface area contributed by atoms with Gasteiger partial charge in [0.2, 0.25) is 0 Å². The van der Waals surface area contributed by atoms with Gasteiger partial charge in [-0.1, -0.05) is 99.6 Å². The van der Waals surface area contributed by atoms with E-state index in [2.05, 4.69) is 106 Å². The smallest absolute Gasteiger partial charge is 0.158 e. The summed E-state index contributed by atoms with van der Waals surface area (Å²) in [4.78, 5) is 0. The number of ether oxygens (including phenoxy) is 1. The lowest BCUT2D eigenvalue weighted by Crippen LogP contribution is -2.72. The molecule has 0 heterocycles. The van der Waals surface area contributed by atoms with Crippen LogP contribution in [0.5, 0.6) is 5.75 Å². The minimum absolute atomic E-state index is 0.0737. The van der Waals surface area contributed by atoms with E-state index in [9.17, 15) is 0 Å². The van der Waals surface area contributed by atoms with Crippen LogP contribution in [0.2, 0.25) is 5.04 Å². The quantitative estimate of drug-likeness (QED) is 0.513. The van der Waals surface area contributed by atoms with E-state index in [4.69, 9.17) is 4.74 Å². The molecule has 25 heavy (non-hydrogen) atoms. The van der Waals surface area contributed by atoms with Crippen molar-refractivity contribution in [1.29, 1.82) is 0 Å². The highest BCUT2D eigenvalue weighted by Gasteiger charge is 2.50. The Labute approximate surface area is 152 Å². The fraction of sp³-hybridized carbons (Fsp3) is 0.217. The van der Waals surface area contributed by atoms with Gasteiger partial charge < -0.3 is 4.74 Å². The first kappa shape index (κ1) is 17.5. The molecule has 0 N–H and O–H groups in total. The van der Waals surface area contributed by atoms with Gasteiger partial charge >= 0.3 is 0 Å². The zero-order valence-corrected chi connectivity index (χ0v) is 16.5. The van der Waals surface area contributed by atoms with Gasteiger partial charge in [0, 0.05) is 0 Å². The molecule has 0 spiro atoms. The second kappa shape index (κ2) is 6.89. The predicted molar refractivity (Wildman–Crippen MR) is 110 cm³/mol. The largest absolute Gasteiger partial charge is 0.497 e. The first-order valence-corrected chi connectivity index (χ1v) is 10.8. The fourth-order valence-electron chi connectivity index (χ4n) is 4.08. The molecule has 128 valence electrons. The number of rotatable bonds is 4. The third kappa shape index (κ3) is 2.91. The van der Waals surface area contributed by atoms with Crippen molar-refractivity contribution in [3.63, 3.8) is 0 Å². The average Bonchev–Trinajstić information content (AvgIpc) is 2.63. The van der Waals surface area contributed by atoms with Crippen LogP contribution in [0, 0.1) is 0 Å². The van der Waals surface area contributed by atoms with E-state index < -0.39 is 8.07 Å². The van der Waals surface area contributed by atoms with Gasteiger partial charge in [0.15, 0.2) is 8.07 Å². The molecular weight excluding hydrogens is 320 g/mol. The summed E-state index contributed by atoms with van der Waals surface area (Å²) in [5.41, 5.74) is 0. The van der Waals surface area contributed by atoms with Crippen LogP contribution in [-0.4, -0.2) is 15.2 Å². The normalized spacial score (nSPS) is 12.0. The first-order valence-electron chi connectivity index (χ1n) is 8.76. The molecule has 0 unspecified atom stereocenters. The molecule has 0 atom stereocenters. The molecule has 0 aliphatic heterocycles. The zero-order chi connectivity index (χ0) is 17.9. The SMILES string of the molecule is COc1ccccc1[Si](c1ccccc1)(c1ccccc1)C(C)(C)C. The fourth-order valence-corrected chi connectivity index (χ4v) is 9.86. The van der Waals surface area contributed by atoms with Gasteiger partial charge in [0.05, 0.1) is 7.11 Å². The minimum Gasteiger partial charge on any atom is -0.497 e. The highest BCUT2D eigenvalue weighted by Crippen LogP contribution is 2.37. The van der Waals surface area contributed by atoms with Gasteiger partial charge in [-0.25, -0.2) is 0 Å². The molecule has 3 rings (SSSR count). The maximum atomic E-state index is 5.82. The Bertz CT molecular complexity index is 780. The third-order valence-electron chi connectivity index (χ3n) is 5.05. The van der Waals surface area contributed by atoms with Gasteiger partial charge in [-0.2, -0.15) is 0 Å². The van der Waals surface area contributed by atoms with Crippen LogP contribution in [0.25, 0.3) is 0 Å². The van der Waals surface area contributed by atoms with E-state index in [0.717, 1.165) is 5.75 Å². The van der Waals surface area contributed by atoms with Crippen molar-refractivity contribution < 1.29 is 4.74 Å². The molecule has 0 saturated carbocycles. The van der Waals surface area contributed by atoms with E-state index in [1.807, 2.05) is 0 Å². The van der Waals surface area contributed by atoms with Crippen LogP contribution >= 0.6 is 0 Å². The molecule has 0 radical (unpaired) electrons. The van der Waals surface area contributed by atoms with Gasteiger partial charge in [0.25, 0.3) is 0 Å². The third-order valence-corrected chi connectivity index (χ3v) is 10.9. The standard InChI is InChI=1S/C23H26OSi/c1-23(2,3)25(19-13-7-5-8-14-19,20-15-9-6-10-16-20)22-18-12-11-17-21(22)24-4/h5-18H,1-4H3. The van der Waals surface area contributed by atoms with Gasteiger partial charge in [-0.3, -0.25) is 0 Å². The Morgan fingerprint density at radius 1 is 0.640 bits per heavy atom. The second-order valence-electron chi connectivity index (χ2n) is 7.43. The Kier molecular flexibility index (Phi) is 4.82. The highest BCUT2D eigenvalue weighted by atomic mass is 28.3. The summed E-state index contributed by atoms with van der Waals surface area (Å²) in [6, 6.07) is 30.5. The van der Waals surface area contributed by atoms with Crippen molar-refractivity contribution in [3.8, 4) is 5.75 Å². The molecule has 0 amide bonds. The van der Waals surface area contributed by atoms with Crippen LogP contribution in [0.4, 0.5) is 0 Å². The first-order chi connectivity index (χ1) is 12.0. The number of hydrogen-bond donors (Lipinski definition) is 0. The molecule has 0 bridgehead atoms. The predicted octanol–water partition coefficient (Wildman–Crippen LogP) is 3.97. The lowest BCUT2D eigenvalue weighted by molar-refractivity contribution is 0.417. The van der Waals surface area contributed by atoms with E-state index >= 15 is 0 Å². The van der Waals surface area contributed by atoms with Crippen molar-refractivity contribution in [2.24, 2.45) is 0 Å². The van der Waals surface area contributed by atoms with Crippen molar-refractivity contribution in [2.45, 2.75) is 25.8 Å². The van der Waals surface area contributed by atoms with Crippen molar-refractivity contribution >= 4 is 23.6 Å². The molecule has 0 fully saturated rings. The number of methoxy groups -OCH3 is 1. The number of benzene rings is 3. The van der Waals surface area contributed by atoms with Crippen molar-refractivity contribution in [2.75, 3.05) is 7.11 Å². The topological polar surface area (TPSA) is 9.23 Å². The van der Waals surface area contributed by atoms with Crippen LogP contribution in [0.15, 0.2) is 84.9 Å². The lowest BCUT2D eigenvalue weighted by Gasteiger charge is -2.45. The molecule has 0 aliphatic rings. The molecule has 2 heteroatoms. The van der Waals surface area contributed by atoms with Crippen LogP contribution in [-0.2, 0) is 0 Å². The molecular formula is C23H26OSi. The monoisotopic (exact) mass is 346 g/mol. The summed E-state index contributed by atoms with van der Waals surface area (Å²) in [7, 11) is -0.542. The van der Waals surface area contributed by atoms with Gasteiger partial charge in [-0.05, 0) is 26.7 Å². The van der Waals surface area contributed by atoms with Gasteiger partial charge in [0.1, 0.15) is 5.75 Å². The Hall–Kier alpha value is -2.32. The maximum Gasteiger partial charge on any atom is 0.158 e. The maximum absolute atomic E-state index is 5.82. The molecule has 3 aromatic rings. The van der Waals surface area contributed by atoms with Crippen LogP contribution in [0.3, 0.4) is 0 Å². The van der Waals surface area contributed by atoms with E-state index in [1.165, 1.54) is 15.6 Å². The number of para-hydroxylation sites is 1. The Morgan fingerprint density at radius 3 is 1.52 bits per heavy atom. The van der Waals surface area contributed by atoms with E-state index in [1.54, 1.807) is 7.11 Å². The van der Waals surface area contributed by atoms with Crippen molar-refractivity contribution in [1.82, 2.24) is 0 Å². The molecule has 3 aromatic carbocycles. The van der Waals surface area contributed by atoms with Crippen molar-refractivity contribution in [3.05, 3.63) is 84.9 Å². The lowest BCUT2D eigenvalue weighted by atomic mass is 10.2. The second-order valence-corrected chi connectivity index (χ2v) is 12.1. The Balaban J connectivity index is 2.46. The average molecular weight is 347 g/mol. The van der Waals surface area contributed by atoms with E-state index in [0.29, 0.717) is 0 Å².